The minimum absolute atomic E-state index is 0. The molecule has 0 spiro atoms. The maximum Gasteiger partial charge on any atom is 0.0788 e. The number of nitrogens with one attached hydrogen (secondary N) is 2. The highest BCUT2D eigenvalue weighted by atomic mass is 35.5. The molecule has 0 rings (SSSR count). The van der Waals surface area contributed by atoms with Crippen LogP contribution in [0.3, 0.4) is 0 Å². The summed E-state index contributed by atoms with van der Waals surface area (Å²) in [5, 5.41) is 15.4. The zero-order valence-electron chi connectivity index (χ0n) is 8.76. The summed E-state index contributed by atoms with van der Waals surface area (Å²) < 4.78 is 0. The molecule has 1 unspecified atom stereocenters. The molecule has 3 N–H and O–H groups in total. The lowest BCUT2D eigenvalue weighted by atomic mass is 10.1. The van der Waals surface area contributed by atoms with Gasteiger partial charge in [-0.2, -0.15) is 0 Å². The zero-order valence-corrected chi connectivity index (χ0v) is 10.4. The molecule has 0 saturated heterocycles. The Labute approximate surface area is 93.5 Å². The van der Waals surface area contributed by atoms with Gasteiger partial charge in [0.1, 0.15) is 0 Å². The second-order valence-corrected chi connectivity index (χ2v) is 3.84. The second kappa shape index (κ2) is 9.03. The van der Waals surface area contributed by atoms with Crippen LogP contribution < -0.4 is 10.6 Å². The van der Waals surface area contributed by atoms with Gasteiger partial charge in [-0.15, -0.1) is 24.8 Å². The maximum atomic E-state index is 9.29. The number of hydrogen-bond acceptors (Lipinski definition) is 3. The second-order valence-electron chi connectivity index (χ2n) is 3.84. The summed E-state index contributed by atoms with van der Waals surface area (Å²) in [5.41, 5.74) is 0.0920. The third kappa shape index (κ3) is 15.2. The highest BCUT2D eigenvalue weighted by molar-refractivity contribution is 5.85. The van der Waals surface area contributed by atoms with Gasteiger partial charge in [-0.25, -0.2) is 0 Å². The van der Waals surface area contributed by atoms with Crippen molar-refractivity contribution in [3.63, 3.8) is 0 Å². The topological polar surface area (TPSA) is 44.3 Å². The van der Waals surface area contributed by atoms with Gasteiger partial charge < -0.3 is 15.7 Å². The highest BCUT2D eigenvalue weighted by Crippen LogP contribution is 1.97. The fourth-order valence-electron chi connectivity index (χ4n) is 0.732. The van der Waals surface area contributed by atoms with E-state index in [9.17, 15) is 5.11 Å². The molecular formula is C8H22Cl2N2O. The molecule has 0 amide bonds. The van der Waals surface area contributed by atoms with E-state index < -0.39 is 0 Å². The van der Waals surface area contributed by atoms with E-state index in [1.165, 1.54) is 0 Å². The Morgan fingerprint density at radius 1 is 1.15 bits per heavy atom. The molecule has 0 heterocycles. The SMILES string of the molecule is CNCC(O)CNC(C)(C)C.Cl.Cl. The first-order chi connectivity index (χ1) is 4.95. The van der Waals surface area contributed by atoms with Crippen molar-refractivity contribution in [1.82, 2.24) is 10.6 Å². The molecule has 13 heavy (non-hydrogen) atoms. The minimum atomic E-state index is -0.292. The highest BCUT2D eigenvalue weighted by Gasteiger charge is 2.10. The molecule has 1 atom stereocenters. The third-order valence-electron chi connectivity index (χ3n) is 1.31. The normalized spacial score (nSPS) is 12.7. The first-order valence-electron chi connectivity index (χ1n) is 4.03. The van der Waals surface area contributed by atoms with Crippen molar-refractivity contribution in [2.24, 2.45) is 0 Å². The first kappa shape index (κ1) is 19.1. The van der Waals surface area contributed by atoms with Crippen LogP contribution in [0.4, 0.5) is 0 Å². The van der Waals surface area contributed by atoms with E-state index >= 15 is 0 Å². The van der Waals surface area contributed by atoms with E-state index in [4.69, 9.17) is 0 Å². The number of hydrogen-bond donors (Lipinski definition) is 3. The first-order valence-corrected chi connectivity index (χ1v) is 4.03. The fraction of sp³-hybridized carbons (Fsp3) is 1.00. The lowest BCUT2D eigenvalue weighted by Gasteiger charge is -2.22. The molecule has 0 aliphatic heterocycles. The van der Waals surface area contributed by atoms with E-state index in [0.717, 1.165) is 0 Å². The molecule has 0 saturated carbocycles. The van der Waals surface area contributed by atoms with Gasteiger partial charge in [-0.3, -0.25) is 0 Å². The summed E-state index contributed by atoms with van der Waals surface area (Å²) in [7, 11) is 1.83. The number of aliphatic hydroxyl groups is 1. The number of halogens is 2. The van der Waals surface area contributed by atoms with Crippen LogP contribution in [0.1, 0.15) is 20.8 Å². The summed E-state index contributed by atoms with van der Waals surface area (Å²) in [6.07, 6.45) is -0.292. The summed E-state index contributed by atoms with van der Waals surface area (Å²) in [4.78, 5) is 0. The Kier molecular flexibility index (Phi) is 13.3. The molecule has 0 bridgehead atoms. The van der Waals surface area contributed by atoms with Gasteiger partial charge in [0.15, 0.2) is 0 Å². The summed E-state index contributed by atoms with van der Waals surface area (Å²) in [5.74, 6) is 0. The number of β-amino-alcohol motifs (C(OH)–C–C–N with tert-alkyl or cyclic N) is 1. The van der Waals surface area contributed by atoms with Crippen LogP contribution in [0.25, 0.3) is 0 Å². The predicted molar refractivity (Wildman–Crippen MR) is 62.2 cm³/mol. The molecule has 0 fully saturated rings. The average molecular weight is 233 g/mol. The van der Waals surface area contributed by atoms with Crippen molar-refractivity contribution in [1.29, 1.82) is 0 Å². The lowest BCUT2D eigenvalue weighted by Crippen LogP contribution is -2.43. The van der Waals surface area contributed by atoms with Crippen molar-refractivity contribution in [3.8, 4) is 0 Å². The van der Waals surface area contributed by atoms with Crippen molar-refractivity contribution in [3.05, 3.63) is 0 Å². The number of aliphatic hydroxyl groups excluding tert-OH is 1. The molecule has 0 aromatic rings. The van der Waals surface area contributed by atoms with Crippen molar-refractivity contribution < 1.29 is 5.11 Å². The molecule has 3 nitrogen and oxygen atoms in total. The molecule has 0 aromatic carbocycles. The summed E-state index contributed by atoms with van der Waals surface area (Å²) in [6, 6.07) is 0. The Morgan fingerprint density at radius 2 is 1.62 bits per heavy atom. The summed E-state index contributed by atoms with van der Waals surface area (Å²) >= 11 is 0. The standard InChI is InChI=1S/C8H20N2O.2ClH/c1-8(2,3)10-6-7(11)5-9-4;;/h7,9-11H,5-6H2,1-4H3;2*1H. The van der Waals surface area contributed by atoms with Gasteiger partial charge in [0.25, 0.3) is 0 Å². The Morgan fingerprint density at radius 3 is 1.92 bits per heavy atom. The van der Waals surface area contributed by atoms with E-state index in [2.05, 4.69) is 31.4 Å². The van der Waals surface area contributed by atoms with E-state index in [0.29, 0.717) is 13.1 Å². The third-order valence-corrected chi connectivity index (χ3v) is 1.31. The van der Waals surface area contributed by atoms with Crippen LogP contribution in [0.2, 0.25) is 0 Å². The van der Waals surface area contributed by atoms with Gasteiger partial charge in [-0.1, -0.05) is 0 Å². The smallest absolute Gasteiger partial charge is 0.0788 e. The monoisotopic (exact) mass is 232 g/mol. The molecule has 0 aliphatic rings. The average Bonchev–Trinajstić information content (AvgIpc) is 1.83. The molecule has 0 radical (unpaired) electrons. The zero-order chi connectivity index (χ0) is 8.91. The van der Waals surface area contributed by atoms with Crippen molar-refractivity contribution in [2.75, 3.05) is 20.1 Å². The largest absolute Gasteiger partial charge is 0.390 e. The van der Waals surface area contributed by atoms with E-state index in [1.807, 2.05) is 7.05 Å². The van der Waals surface area contributed by atoms with Crippen LogP contribution >= 0.6 is 24.8 Å². The lowest BCUT2D eigenvalue weighted by molar-refractivity contribution is 0.160. The van der Waals surface area contributed by atoms with Crippen molar-refractivity contribution >= 4 is 24.8 Å². The fourth-order valence-corrected chi connectivity index (χ4v) is 0.732. The van der Waals surface area contributed by atoms with Gasteiger partial charge in [0, 0.05) is 18.6 Å². The predicted octanol–water partition coefficient (Wildman–Crippen LogP) is 0.798. The molecule has 0 aliphatic carbocycles. The maximum absolute atomic E-state index is 9.29. The minimum Gasteiger partial charge on any atom is -0.390 e. The van der Waals surface area contributed by atoms with Crippen LogP contribution in [0, 0.1) is 0 Å². The van der Waals surface area contributed by atoms with Crippen LogP contribution in [-0.4, -0.2) is 36.9 Å². The van der Waals surface area contributed by atoms with Crippen LogP contribution in [0.15, 0.2) is 0 Å². The van der Waals surface area contributed by atoms with Crippen LogP contribution in [-0.2, 0) is 0 Å². The van der Waals surface area contributed by atoms with Gasteiger partial charge in [-0.05, 0) is 27.8 Å². The molecular weight excluding hydrogens is 211 g/mol. The van der Waals surface area contributed by atoms with Gasteiger partial charge >= 0.3 is 0 Å². The van der Waals surface area contributed by atoms with Gasteiger partial charge in [0.05, 0.1) is 6.10 Å². The van der Waals surface area contributed by atoms with Crippen LogP contribution in [0.5, 0.6) is 0 Å². The van der Waals surface area contributed by atoms with E-state index in [-0.39, 0.29) is 36.5 Å². The number of likely N-dealkylation sites (N-methyl/N-ethyl adjacent to an activating group) is 1. The molecule has 84 valence electrons. The molecule has 0 aromatic heterocycles. The number of rotatable bonds is 4. The Hall–Kier alpha value is 0.460. The summed E-state index contributed by atoms with van der Waals surface area (Å²) in [6.45, 7) is 7.53. The van der Waals surface area contributed by atoms with Crippen molar-refractivity contribution in [2.45, 2.75) is 32.4 Å². The Balaban J connectivity index is -0.000000500. The molecule has 5 heteroatoms. The quantitative estimate of drug-likeness (QED) is 0.673. The van der Waals surface area contributed by atoms with E-state index in [1.54, 1.807) is 0 Å². The van der Waals surface area contributed by atoms with Gasteiger partial charge in [0.2, 0.25) is 0 Å². The Bertz CT molecular complexity index is 107.